The Morgan fingerprint density at radius 2 is 1.72 bits per heavy atom. The smallest absolute Gasteiger partial charge is 0.231 e. The number of fused-ring (bicyclic) bond motifs is 1. The van der Waals surface area contributed by atoms with Crippen molar-refractivity contribution in [3.63, 3.8) is 0 Å². The van der Waals surface area contributed by atoms with E-state index in [1.54, 1.807) is 13.3 Å². The lowest BCUT2D eigenvalue weighted by molar-refractivity contribution is 0.141. The molecule has 3 N–H and O–H groups in total. The van der Waals surface area contributed by atoms with Crippen LogP contribution < -0.4 is 25.6 Å². The SMILES string of the molecule is CC(C)Oc1cc(Nc2nc(Nc3ccccc3P(C)(C)=O)c3cc[nH]c3n2)ccc1N1CCC(N2CCCCC2)CC1. The molecule has 2 saturated heterocycles. The molecule has 2 aromatic carbocycles. The minimum atomic E-state index is -2.50. The third-order valence-corrected chi connectivity index (χ3v) is 9.99. The van der Waals surface area contributed by atoms with Crippen LogP contribution in [0.25, 0.3) is 11.0 Å². The summed E-state index contributed by atoms with van der Waals surface area (Å²) in [6.45, 7) is 12.3. The number of para-hydroxylation sites is 1. The first-order valence-electron chi connectivity index (χ1n) is 15.6. The largest absolute Gasteiger partial charge is 0.489 e. The maximum Gasteiger partial charge on any atom is 0.231 e. The second-order valence-electron chi connectivity index (χ2n) is 12.4. The van der Waals surface area contributed by atoms with Gasteiger partial charge >= 0.3 is 0 Å². The van der Waals surface area contributed by atoms with Crippen molar-refractivity contribution in [1.29, 1.82) is 0 Å². The fraction of sp³-hybridized carbons (Fsp3) is 0.455. The Hall–Kier alpha value is -3.55. The Morgan fingerprint density at radius 3 is 2.47 bits per heavy atom. The highest BCUT2D eigenvalue weighted by atomic mass is 31.2. The molecule has 0 spiro atoms. The molecule has 0 aliphatic carbocycles. The number of piperidine rings is 2. The summed E-state index contributed by atoms with van der Waals surface area (Å²) in [5.41, 5.74) is 3.48. The van der Waals surface area contributed by atoms with Gasteiger partial charge in [-0.25, -0.2) is 0 Å². The molecule has 0 atom stereocenters. The Kier molecular flexibility index (Phi) is 8.64. The number of ether oxygens (including phenoxy) is 1. The van der Waals surface area contributed by atoms with E-state index in [0.29, 0.717) is 23.5 Å². The fourth-order valence-corrected chi connectivity index (χ4v) is 7.51. The number of H-pyrrole nitrogens is 1. The van der Waals surface area contributed by atoms with Crippen molar-refractivity contribution >= 4 is 52.3 Å². The number of hydrogen-bond donors (Lipinski definition) is 3. The minimum Gasteiger partial charge on any atom is -0.489 e. The zero-order chi connectivity index (χ0) is 30.0. The molecule has 6 rings (SSSR count). The quantitative estimate of drug-likeness (QED) is 0.178. The number of rotatable bonds is 9. The molecule has 0 radical (unpaired) electrons. The summed E-state index contributed by atoms with van der Waals surface area (Å²) >= 11 is 0. The number of anilines is 5. The highest BCUT2D eigenvalue weighted by Crippen LogP contribution is 2.39. The lowest BCUT2D eigenvalue weighted by atomic mass is 9.99. The molecule has 10 heteroatoms. The zero-order valence-corrected chi connectivity index (χ0v) is 26.7. The van der Waals surface area contributed by atoms with Crippen LogP contribution in [0.5, 0.6) is 5.75 Å². The number of aromatic amines is 1. The predicted molar refractivity (Wildman–Crippen MR) is 179 cm³/mol. The summed E-state index contributed by atoms with van der Waals surface area (Å²) in [6, 6.07) is 16.6. The Bertz CT molecular complexity index is 1600. The molecule has 2 fully saturated rings. The molecule has 4 heterocycles. The van der Waals surface area contributed by atoms with Crippen molar-refractivity contribution in [3.8, 4) is 5.75 Å². The van der Waals surface area contributed by atoms with Crippen molar-refractivity contribution in [2.24, 2.45) is 0 Å². The summed E-state index contributed by atoms with van der Waals surface area (Å²) in [6.07, 6.45) is 8.34. The minimum absolute atomic E-state index is 0.0513. The molecule has 0 amide bonds. The molecule has 2 aliphatic rings. The van der Waals surface area contributed by atoms with Gasteiger partial charge in [0.05, 0.1) is 22.9 Å². The second-order valence-corrected chi connectivity index (χ2v) is 15.6. The molecule has 228 valence electrons. The summed E-state index contributed by atoms with van der Waals surface area (Å²) in [4.78, 5) is 18.0. The van der Waals surface area contributed by atoms with Crippen LogP contribution >= 0.6 is 7.14 Å². The Morgan fingerprint density at radius 1 is 0.953 bits per heavy atom. The summed E-state index contributed by atoms with van der Waals surface area (Å²) in [5, 5.41) is 8.49. The molecular formula is C33H44N7O2P. The van der Waals surface area contributed by atoms with E-state index in [0.717, 1.165) is 46.6 Å². The first-order valence-corrected chi connectivity index (χ1v) is 18.2. The highest BCUT2D eigenvalue weighted by molar-refractivity contribution is 7.70. The van der Waals surface area contributed by atoms with Gasteiger partial charge in [0.25, 0.3) is 0 Å². The van der Waals surface area contributed by atoms with E-state index in [1.807, 2.05) is 36.5 Å². The van der Waals surface area contributed by atoms with Crippen LogP contribution in [-0.2, 0) is 4.57 Å². The van der Waals surface area contributed by atoms with Crippen LogP contribution in [0.1, 0.15) is 46.0 Å². The molecular weight excluding hydrogens is 557 g/mol. The third kappa shape index (κ3) is 6.84. The van der Waals surface area contributed by atoms with Crippen molar-refractivity contribution in [2.75, 3.05) is 55.0 Å². The van der Waals surface area contributed by atoms with Gasteiger partial charge in [-0.2, -0.15) is 9.97 Å². The van der Waals surface area contributed by atoms with Gasteiger partial charge in [0.15, 0.2) is 0 Å². The Balaban J connectivity index is 1.24. The van der Waals surface area contributed by atoms with Gasteiger partial charge in [-0.3, -0.25) is 0 Å². The van der Waals surface area contributed by atoms with E-state index in [1.165, 1.54) is 45.2 Å². The van der Waals surface area contributed by atoms with E-state index in [-0.39, 0.29) is 6.10 Å². The lowest BCUT2D eigenvalue weighted by Gasteiger charge is -2.41. The second kappa shape index (κ2) is 12.6. The van der Waals surface area contributed by atoms with Crippen LogP contribution in [-0.4, -0.2) is 71.5 Å². The Labute approximate surface area is 254 Å². The van der Waals surface area contributed by atoms with Gasteiger partial charge in [-0.05, 0) is 96.3 Å². The maximum atomic E-state index is 13.0. The topological polar surface area (TPSA) is 98.4 Å². The number of nitrogens with one attached hydrogen (secondary N) is 3. The number of aromatic nitrogens is 3. The van der Waals surface area contributed by atoms with Gasteiger partial charge in [0.1, 0.15) is 24.4 Å². The third-order valence-electron chi connectivity index (χ3n) is 8.44. The molecule has 0 unspecified atom stereocenters. The average molecular weight is 602 g/mol. The van der Waals surface area contributed by atoms with Gasteiger partial charge < -0.3 is 34.7 Å². The first kappa shape index (κ1) is 29.5. The van der Waals surface area contributed by atoms with Gasteiger partial charge in [-0.1, -0.05) is 18.6 Å². The van der Waals surface area contributed by atoms with Crippen LogP contribution in [0.2, 0.25) is 0 Å². The summed E-state index contributed by atoms with van der Waals surface area (Å²) in [5.74, 6) is 1.96. The van der Waals surface area contributed by atoms with Crippen LogP contribution in [0.4, 0.5) is 28.8 Å². The van der Waals surface area contributed by atoms with Crippen LogP contribution in [0.3, 0.4) is 0 Å². The molecule has 2 aliphatic heterocycles. The van der Waals surface area contributed by atoms with Gasteiger partial charge in [0, 0.05) is 42.4 Å². The van der Waals surface area contributed by atoms with E-state index < -0.39 is 7.14 Å². The van der Waals surface area contributed by atoms with E-state index in [9.17, 15) is 4.57 Å². The zero-order valence-electron chi connectivity index (χ0n) is 25.8. The normalized spacial score (nSPS) is 17.0. The molecule has 0 saturated carbocycles. The summed E-state index contributed by atoms with van der Waals surface area (Å²) < 4.78 is 19.3. The standard InChI is InChI=1S/C33H44N7O2P/c1-23(2)42-29-22-24(12-13-28(29)40-20-15-25(16-21-40)39-18-8-5-9-19-39)35-33-37-31-26(14-17-34-31)32(38-33)36-27-10-6-7-11-30(27)43(3,4)41/h6-7,10-14,17,22-23,25H,5,8-9,15-16,18-21H2,1-4H3,(H3,34,35,36,37,38). The average Bonchev–Trinajstić information content (AvgIpc) is 3.47. The first-order chi connectivity index (χ1) is 20.7. The van der Waals surface area contributed by atoms with Gasteiger partial charge in [-0.15, -0.1) is 0 Å². The number of likely N-dealkylation sites (tertiary alicyclic amines) is 1. The molecule has 4 aromatic rings. The highest BCUT2D eigenvalue weighted by Gasteiger charge is 2.27. The number of benzene rings is 2. The molecule has 2 aromatic heterocycles. The molecule has 0 bridgehead atoms. The molecule has 43 heavy (non-hydrogen) atoms. The lowest BCUT2D eigenvalue weighted by Crippen LogP contribution is -2.46. The number of hydrogen-bond acceptors (Lipinski definition) is 8. The predicted octanol–water partition coefficient (Wildman–Crippen LogP) is 6.94. The van der Waals surface area contributed by atoms with Crippen LogP contribution in [0.15, 0.2) is 54.7 Å². The van der Waals surface area contributed by atoms with E-state index >= 15 is 0 Å². The maximum absolute atomic E-state index is 13.0. The monoisotopic (exact) mass is 601 g/mol. The van der Waals surface area contributed by atoms with Crippen LogP contribution in [0, 0.1) is 0 Å². The summed E-state index contributed by atoms with van der Waals surface area (Å²) in [7, 11) is -2.50. The van der Waals surface area contributed by atoms with Crippen molar-refractivity contribution < 1.29 is 9.30 Å². The molecule has 9 nitrogen and oxygen atoms in total. The fourth-order valence-electron chi connectivity index (χ4n) is 6.35. The van der Waals surface area contributed by atoms with E-state index in [4.69, 9.17) is 14.7 Å². The van der Waals surface area contributed by atoms with Crippen molar-refractivity contribution in [2.45, 2.75) is 58.1 Å². The number of nitrogens with zero attached hydrogens (tertiary/aromatic N) is 4. The van der Waals surface area contributed by atoms with Gasteiger partial charge in [0.2, 0.25) is 5.95 Å². The van der Waals surface area contributed by atoms with E-state index in [2.05, 4.69) is 57.5 Å². The van der Waals surface area contributed by atoms with Crippen molar-refractivity contribution in [1.82, 2.24) is 19.9 Å². The van der Waals surface area contributed by atoms with Crippen molar-refractivity contribution in [3.05, 3.63) is 54.7 Å².